The fourth-order valence-electron chi connectivity index (χ4n) is 2.16. The number of nitrogens with one attached hydrogen (secondary N) is 1. The van der Waals surface area contributed by atoms with Gasteiger partial charge in [-0.2, -0.15) is 0 Å². The molecular formula is C16H15ClN2O3S. The zero-order chi connectivity index (χ0) is 17.0. The van der Waals surface area contributed by atoms with Crippen LogP contribution < -0.4 is 5.32 Å². The molecule has 1 amide bonds. The molecule has 0 spiro atoms. The highest BCUT2D eigenvalue weighted by molar-refractivity contribution is 7.98. The Bertz CT molecular complexity index is 752. The van der Waals surface area contributed by atoms with E-state index in [9.17, 15) is 14.9 Å². The topological polar surface area (TPSA) is 72.2 Å². The number of nitro groups is 1. The minimum Gasteiger partial charge on any atom is -0.345 e. The first-order valence-corrected chi connectivity index (χ1v) is 8.42. The first kappa shape index (κ1) is 17.3. The number of carbonyl (C=O) groups excluding carboxylic acids is 1. The molecule has 1 N–H and O–H groups in total. The van der Waals surface area contributed by atoms with Crippen molar-refractivity contribution in [3.05, 3.63) is 68.7 Å². The van der Waals surface area contributed by atoms with Crippen molar-refractivity contribution in [3.63, 3.8) is 0 Å². The van der Waals surface area contributed by atoms with Crippen molar-refractivity contribution >= 4 is 35.0 Å². The van der Waals surface area contributed by atoms with E-state index in [1.807, 2.05) is 12.3 Å². The lowest BCUT2D eigenvalue weighted by Gasteiger charge is -2.16. The van der Waals surface area contributed by atoms with Gasteiger partial charge in [-0.1, -0.05) is 29.8 Å². The zero-order valence-electron chi connectivity index (χ0n) is 12.6. The van der Waals surface area contributed by atoms with E-state index in [1.54, 1.807) is 31.2 Å². The molecule has 2 aromatic rings. The Balaban J connectivity index is 2.30. The van der Waals surface area contributed by atoms with E-state index in [2.05, 4.69) is 5.32 Å². The van der Waals surface area contributed by atoms with Crippen LogP contribution >= 0.6 is 23.4 Å². The first-order chi connectivity index (χ1) is 10.9. The summed E-state index contributed by atoms with van der Waals surface area (Å²) in [5.74, 6) is -0.500. The molecule has 0 aliphatic rings. The molecule has 0 fully saturated rings. The second-order valence-corrected chi connectivity index (χ2v) is 6.14. The Labute approximate surface area is 143 Å². The van der Waals surface area contributed by atoms with Crippen LogP contribution in [-0.4, -0.2) is 17.1 Å². The molecule has 120 valence electrons. The van der Waals surface area contributed by atoms with Gasteiger partial charge in [0.1, 0.15) is 5.56 Å². The van der Waals surface area contributed by atoms with Crippen LogP contribution in [0.15, 0.2) is 47.4 Å². The van der Waals surface area contributed by atoms with Crippen molar-refractivity contribution in [2.75, 3.05) is 6.26 Å². The molecule has 2 aromatic carbocycles. The zero-order valence-corrected chi connectivity index (χ0v) is 14.1. The van der Waals surface area contributed by atoms with Crippen LogP contribution in [0.3, 0.4) is 0 Å². The van der Waals surface area contributed by atoms with Crippen molar-refractivity contribution < 1.29 is 9.72 Å². The molecule has 0 aliphatic carbocycles. The first-order valence-electron chi connectivity index (χ1n) is 6.81. The van der Waals surface area contributed by atoms with Crippen molar-refractivity contribution in [3.8, 4) is 0 Å². The van der Waals surface area contributed by atoms with E-state index >= 15 is 0 Å². The van der Waals surface area contributed by atoms with Gasteiger partial charge in [0, 0.05) is 16.0 Å². The predicted octanol–water partition coefficient (Wildman–Crippen LogP) is 4.46. The van der Waals surface area contributed by atoms with Gasteiger partial charge in [-0.05, 0) is 36.9 Å². The Hall–Kier alpha value is -2.05. The van der Waals surface area contributed by atoms with Crippen LogP contribution in [-0.2, 0) is 0 Å². The highest BCUT2D eigenvalue weighted by Gasteiger charge is 2.22. The molecule has 1 atom stereocenters. The standard InChI is InChI=1S/C16H15ClN2O3S/c1-10(12-5-3-4-6-14(12)17)18-16(20)13-9-11(23-2)7-8-15(13)19(21)22/h3-10H,1-2H3,(H,18,20). The lowest BCUT2D eigenvalue weighted by Crippen LogP contribution is -2.27. The number of halogens is 1. The number of benzene rings is 2. The third-order valence-corrected chi connectivity index (χ3v) is 4.43. The van der Waals surface area contributed by atoms with Gasteiger partial charge >= 0.3 is 0 Å². The van der Waals surface area contributed by atoms with E-state index in [1.165, 1.54) is 23.9 Å². The van der Waals surface area contributed by atoms with Crippen molar-refractivity contribution in [2.24, 2.45) is 0 Å². The second kappa shape index (κ2) is 7.48. The van der Waals surface area contributed by atoms with E-state index in [-0.39, 0.29) is 17.3 Å². The summed E-state index contributed by atoms with van der Waals surface area (Å²) in [4.78, 5) is 23.8. The van der Waals surface area contributed by atoms with Gasteiger partial charge in [-0.25, -0.2) is 0 Å². The Morgan fingerprint density at radius 3 is 2.61 bits per heavy atom. The molecular weight excluding hydrogens is 336 g/mol. The monoisotopic (exact) mass is 350 g/mol. The summed E-state index contributed by atoms with van der Waals surface area (Å²) in [6.07, 6.45) is 1.84. The van der Waals surface area contributed by atoms with Gasteiger partial charge in [0.05, 0.1) is 11.0 Å². The smallest absolute Gasteiger partial charge is 0.282 e. The van der Waals surface area contributed by atoms with E-state index in [0.717, 1.165) is 10.5 Å². The molecule has 7 heteroatoms. The Morgan fingerprint density at radius 2 is 2.00 bits per heavy atom. The maximum atomic E-state index is 12.5. The third-order valence-electron chi connectivity index (χ3n) is 3.36. The largest absolute Gasteiger partial charge is 0.345 e. The number of carbonyl (C=O) groups is 1. The highest BCUT2D eigenvalue weighted by Crippen LogP contribution is 2.27. The van der Waals surface area contributed by atoms with Gasteiger partial charge < -0.3 is 5.32 Å². The van der Waals surface area contributed by atoms with Gasteiger partial charge in [-0.3, -0.25) is 14.9 Å². The average molecular weight is 351 g/mol. The number of rotatable bonds is 5. The Kier molecular flexibility index (Phi) is 5.63. The minimum absolute atomic E-state index is 0.0424. The number of hydrogen-bond acceptors (Lipinski definition) is 4. The van der Waals surface area contributed by atoms with E-state index in [4.69, 9.17) is 11.6 Å². The summed E-state index contributed by atoms with van der Waals surface area (Å²) >= 11 is 7.53. The normalized spacial score (nSPS) is 11.8. The second-order valence-electron chi connectivity index (χ2n) is 4.86. The highest BCUT2D eigenvalue weighted by atomic mass is 35.5. The molecule has 0 radical (unpaired) electrons. The maximum Gasteiger partial charge on any atom is 0.282 e. The fourth-order valence-corrected chi connectivity index (χ4v) is 2.90. The number of thioether (sulfide) groups is 1. The molecule has 0 heterocycles. The summed E-state index contributed by atoms with van der Waals surface area (Å²) < 4.78 is 0. The molecule has 1 unspecified atom stereocenters. The fraction of sp³-hybridized carbons (Fsp3) is 0.188. The quantitative estimate of drug-likeness (QED) is 0.491. The summed E-state index contributed by atoms with van der Waals surface area (Å²) in [6, 6.07) is 11.3. The lowest BCUT2D eigenvalue weighted by molar-refractivity contribution is -0.385. The molecule has 0 aliphatic heterocycles. The van der Waals surface area contributed by atoms with Crippen molar-refractivity contribution in [2.45, 2.75) is 17.9 Å². The molecule has 0 saturated carbocycles. The summed E-state index contributed by atoms with van der Waals surface area (Å²) in [5, 5.41) is 14.4. The molecule has 0 aromatic heterocycles. The van der Waals surface area contributed by atoms with Crippen molar-refractivity contribution in [1.29, 1.82) is 0 Å². The van der Waals surface area contributed by atoms with Crippen LogP contribution in [0.1, 0.15) is 28.9 Å². The third kappa shape index (κ3) is 4.03. The summed E-state index contributed by atoms with van der Waals surface area (Å²) in [5.41, 5.74) is 0.582. The van der Waals surface area contributed by atoms with Crippen LogP contribution in [0.5, 0.6) is 0 Å². The predicted molar refractivity (Wildman–Crippen MR) is 92.2 cm³/mol. The maximum absolute atomic E-state index is 12.5. The number of nitrogens with zero attached hydrogens (tertiary/aromatic N) is 1. The molecule has 2 rings (SSSR count). The van der Waals surface area contributed by atoms with Crippen LogP contribution in [0.2, 0.25) is 5.02 Å². The van der Waals surface area contributed by atoms with Gasteiger partial charge in [0.2, 0.25) is 0 Å². The number of hydrogen-bond donors (Lipinski definition) is 1. The average Bonchev–Trinajstić information content (AvgIpc) is 2.54. The van der Waals surface area contributed by atoms with Gasteiger partial charge in [0.25, 0.3) is 11.6 Å². The van der Waals surface area contributed by atoms with Crippen LogP contribution in [0.4, 0.5) is 5.69 Å². The Morgan fingerprint density at radius 1 is 1.30 bits per heavy atom. The van der Waals surface area contributed by atoms with E-state index in [0.29, 0.717) is 5.02 Å². The SMILES string of the molecule is CSc1ccc([N+](=O)[O-])c(C(=O)NC(C)c2ccccc2Cl)c1. The molecule has 23 heavy (non-hydrogen) atoms. The van der Waals surface area contributed by atoms with Gasteiger partial charge in [0.15, 0.2) is 0 Å². The summed E-state index contributed by atoms with van der Waals surface area (Å²) in [7, 11) is 0. The molecule has 5 nitrogen and oxygen atoms in total. The number of amides is 1. The lowest BCUT2D eigenvalue weighted by atomic mass is 10.1. The molecule has 0 bridgehead atoms. The van der Waals surface area contributed by atoms with E-state index < -0.39 is 10.8 Å². The minimum atomic E-state index is -0.556. The van der Waals surface area contributed by atoms with Gasteiger partial charge in [-0.15, -0.1) is 11.8 Å². The van der Waals surface area contributed by atoms with Crippen LogP contribution in [0, 0.1) is 10.1 Å². The summed E-state index contributed by atoms with van der Waals surface area (Å²) in [6.45, 7) is 1.78. The molecule has 0 saturated heterocycles. The number of nitro benzene ring substituents is 1. The van der Waals surface area contributed by atoms with Crippen molar-refractivity contribution in [1.82, 2.24) is 5.32 Å². The van der Waals surface area contributed by atoms with Crippen LogP contribution in [0.25, 0.3) is 0 Å².